The van der Waals surface area contributed by atoms with Crippen molar-refractivity contribution in [3.8, 4) is 17.1 Å². The monoisotopic (exact) mass is 418 g/mol. The van der Waals surface area contributed by atoms with E-state index in [1.807, 2.05) is 30.3 Å². The summed E-state index contributed by atoms with van der Waals surface area (Å²) in [6, 6.07) is 16.9. The van der Waals surface area contributed by atoms with Gasteiger partial charge in [-0.2, -0.15) is 10.2 Å². The maximum absolute atomic E-state index is 13.0. The number of amides is 1. The summed E-state index contributed by atoms with van der Waals surface area (Å²) < 4.78 is 8.39. The number of aryl methyl sites for hydroxylation is 1. The van der Waals surface area contributed by atoms with Crippen molar-refractivity contribution in [3.63, 3.8) is 0 Å². The first-order valence-electron chi connectivity index (χ1n) is 9.28. The van der Waals surface area contributed by atoms with Gasteiger partial charge in [-0.3, -0.25) is 14.9 Å². The van der Waals surface area contributed by atoms with E-state index in [-0.39, 0.29) is 11.4 Å². The Labute approximate surface area is 176 Å². The van der Waals surface area contributed by atoms with Crippen LogP contribution in [0.1, 0.15) is 16.2 Å². The van der Waals surface area contributed by atoms with Crippen LogP contribution in [0.3, 0.4) is 0 Å². The van der Waals surface area contributed by atoms with Gasteiger partial charge in [0, 0.05) is 18.2 Å². The van der Waals surface area contributed by atoms with E-state index in [1.165, 1.54) is 23.9 Å². The fourth-order valence-electron chi connectivity index (χ4n) is 3.05. The zero-order chi connectivity index (χ0) is 22.0. The Morgan fingerprint density at radius 2 is 1.77 bits per heavy atom. The van der Waals surface area contributed by atoms with Gasteiger partial charge in [0.1, 0.15) is 5.82 Å². The molecule has 1 amide bonds. The van der Waals surface area contributed by atoms with Gasteiger partial charge in [0.05, 0.1) is 35.3 Å². The van der Waals surface area contributed by atoms with E-state index < -0.39 is 10.8 Å². The van der Waals surface area contributed by atoms with Crippen molar-refractivity contribution >= 4 is 17.4 Å². The number of aromatic nitrogens is 4. The number of para-hydroxylation sites is 1. The number of hydrogen-bond donors (Lipinski definition) is 1. The third kappa shape index (κ3) is 3.99. The number of hydrogen-bond acceptors (Lipinski definition) is 6. The van der Waals surface area contributed by atoms with Crippen molar-refractivity contribution < 1.29 is 14.5 Å². The zero-order valence-electron chi connectivity index (χ0n) is 16.7. The number of nitro benzene ring substituents is 1. The quantitative estimate of drug-likeness (QED) is 0.378. The third-order valence-electron chi connectivity index (χ3n) is 4.51. The highest BCUT2D eigenvalue weighted by Crippen LogP contribution is 2.23. The lowest BCUT2D eigenvalue weighted by Gasteiger charge is -2.08. The molecular weight excluding hydrogens is 400 g/mol. The summed E-state index contributed by atoms with van der Waals surface area (Å²) in [4.78, 5) is 23.4. The lowest BCUT2D eigenvalue weighted by Crippen LogP contribution is -2.17. The molecule has 1 N–H and O–H groups in total. The molecule has 2 aromatic heterocycles. The number of non-ortho nitro benzene ring substituents is 1. The van der Waals surface area contributed by atoms with Gasteiger partial charge in [0.25, 0.3) is 11.6 Å². The van der Waals surface area contributed by atoms with Crippen LogP contribution in [0.25, 0.3) is 11.4 Å². The molecular formula is C21H18N6O4. The molecule has 0 radical (unpaired) electrons. The summed E-state index contributed by atoms with van der Waals surface area (Å²) >= 11 is 0. The zero-order valence-corrected chi connectivity index (χ0v) is 16.7. The molecule has 0 saturated heterocycles. The molecule has 10 heteroatoms. The fourth-order valence-corrected chi connectivity index (χ4v) is 3.05. The number of rotatable bonds is 6. The van der Waals surface area contributed by atoms with Gasteiger partial charge in [0.15, 0.2) is 11.4 Å². The molecule has 0 aliphatic heterocycles. The number of nitrogens with one attached hydrogen (secondary N) is 1. The van der Waals surface area contributed by atoms with Gasteiger partial charge in [-0.15, -0.1) is 0 Å². The van der Waals surface area contributed by atoms with Gasteiger partial charge >= 0.3 is 0 Å². The number of anilines is 1. The Kier molecular flexibility index (Phi) is 5.19. The van der Waals surface area contributed by atoms with E-state index in [2.05, 4.69) is 15.5 Å². The van der Waals surface area contributed by atoms with E-state index in [1.54, 1.807) is 36.0 Å². The van der Waals surface area contributed by atoms with Gasteiger partial charge in [-0.05, 0) is 31.2 Å². The largest absolute Gasteiger partial charge is 0.493 e. The summed E-state index contributed by atoms with van der Waals surface area (Å²) in [6.07, 6.45) is 1.63. The second kappa shape index (κ2) is 8.11. The molecule has 0 saturated carbocycles. The van der Waals surface area contributed by atoms with E-state index in [0.717, 1.165) is 5.69 Å². The minimum absolute atomic E-state index is 0.0330. The lowest BCUT2D eigenvalue weighted by molar-refractivity contribution is -0.384. The molecule has 0 fully saturated rings. The molecule has 156 valence electrons. The van der Waals surface area contributed by atoms with E-state index in [9.17, 15) is 14.9 Å². The molecule has 0 atom stereocenters. The maximum Gasteiger partial charge on any atom is 0.281 e. The first kappa shape index (κ1) is 19.8. The minimum atomic E-state index is -0.477. The van der Waals surface area contributed by atoms with E-state index in [4.69, 9.17) is 4.74 Å². The number of nitrogens with zero attached hydrogens (tertiary/aromatic N) is 5. The van der Waals surface area contributed by atoms with Gasteiger partial charge in [0.2, 0.25) is 0 Å². The topological polar surface area (TPSA) is 117 Å². The maximum atomic E-state index is 13.0. The van der Waals surface area contributed by atoms with Gasteiger partial charge < -0.3 is 10.1 Å². The Morgan fingerprint density at radius 1 is 1.06 bits per heavy atom. The second-order valence-corrected chi connectivity index (χ2v) is 6.64. The molecule has 10 nitrogen and oxygen atoms in total. The van der Waals surface area contributed by atoms with Gasteiger partial charge in [-0.1, -0.05) is 18.2 Å². The molecule has 31 heavy (non-hydrogen) atoms. The first-order valence-corrected chi connectivity index (χ1v) is 9.28. The van der Waals surface area contributed by atoms with Crippen LogP contribution in [-0.2, 0) is 0 Å². The van der Waals surface area contributed by atoms with Crippen LogP contribution in [0.15, 0.2) is 66.9 Å². The Balaban J connectivity index is 1.64. The van der Waals surface area contributed by atoms with Crippen LogP contribution in [0.4, 0.5) is 11.5 Å². The molecule has 0 aliphatic rings. The molecule has 0 spiro atoms. The fraction of sp³-hybridized carbons (Fsp3) is 0.0952. The normalized spacial score (nSPS) is 10.6. The van der Waals surface area contributed by atoms with E-state index in [0.29, 0.717) is 22.9 Å². The molecule has 4 aromatic rings. The summed E-state index contributed by atoms with van der Waals surface area (Å²) in [5.41, 5.74) is 2.09. The Morgan fingerprint density at radius 3 is 2.42 bits per heavy atom. The van der Waals surface area contributed by atoms with Crippen LogP contribution in [0, 0.1) is 17.0 Å². The molecule has 0 unspecified atom stereocenters. The predicted octanol–water partition coefficient (Wildman–Crippen LogP) is 3.54. The van der Waals surface area contributed by atoms with Gasteiger partial charge in [-0.25, -0.2) is 9.36 Å². The summed E-state index contributed by atoms with van der Waals surface area (Å²) in [5, 5.41) is 22.4. The third-order valence-corrected chi connectivity index (χ3v) is 4.51. The predicted molar refractivity (Wildman–Crippen MR) is 113 cm³/mol. The summed E-state index contributed by atoms with van der Waals surface area (Å²) in [7, 11) is 1.47. The number of ether oxygens (including phenoxy) is 1. The van der Waals surface area contributed by atoms with Crippen molar-refractivity contribution in [2.75, 3.05) is 12.4 Å². The average molecular weight is 418 g/mol. The van der Waals surface area contributed by atoms with Crippen molar-refractivity contribution in [1.29, 1.82) is 0 Å². The lowest BCUT2D eigenvalue weighted by atomic mass is 10.3. The number of carbonyl (C=O) groups is 1. The van der Waals surface area contributed by atoms with Crippen LogP contribution in [0.5, 0.6) is 5.75 Å². The standard InChI is InChI=1S/C21H18N6O4/c1-14-12-19(26(23-14)16-8-10-17(11-9-16)27(29)30)22-21(28)20-18(31-2)13-25(24-20)15-6-4-3-5-7-15/h3-13H,1-2H3,(H,22,28). The summed E-state index contributed by atoms with van der Waals surface area (Å²) in [6.45, 7) is 1.78. The van der Waals surface area contributed by atoms with E-state index >= 15 is 0 Å². The first-order chi connectivity index (χ1) is 15.0. The smallest absolute Gasteiger partial charge is 0.281 e. The molecule has 0 aliphatic carbocycles. The average Bonchev–Trinajstić information content (AvgIpc) is 3.38. The van der Waals surface area contributed by atoms with Crippen molar-refractivity contribution in [2.24, 2.45) is 0 Å². The van der Waals surface area contributed by atoms with Crippen LogP contribution >= 0.6 is 0 Å². The Hall–Kier alpha value is -4.47. The van der Waals surface area contributed by atoms with Crippen molar-refractivity contribution in [1.82, 2.24) is 19.6 Å². The number of carbonyl (C=O) groups excluding carboxylic acids is 1. The number of benzene rings is 2. The second-order valence-electron chi connectivity index (χ2n) is 6.64. The minimum Gasteiger partial charge on any atom is -0.493 e. The number of methoxy groups -OCH3 is 1. The SMILES string of the molecule is COc1cn(-c2ccccc2)nc1C(=O)Nc1cc(C)nn1-c1ccc([N+](=O)[O-])cc1. The molecule has 2 aromatic carbocycles. The molecule has 0 bridgehead atoms. The highest BCUT2D eigenvalue weighted by molar-refractivity contribution is 6.04. The van der Waals surface area contributed by atoms with Crippen LogP contribution < -0.4 is 10.1 Å². The van der Waals surface area contributed by atoms with Crippen LogP contribution in [-0.4, -0.2) is 37.5 Å². The van der Waals surface area contributed by atoms with Crippen molar-refractivity contribution in [3.05, 3.63) is 88.4 Å². The summed E-state index contributed by atoms with van der Waals surface area (Å²) in [5.74, 6) is 0.238. The molecule has 2 heterocycles. The highest BCUT2D eigenvalue weighted by atomic mass is 16.6. The van der Waals surface area contributed by atoms with Crippen molar-refractivity contribution in [2.45, 2.75) is 6.92 Å². The Bertz CT molecular complexity index is 1240. The van der Waals surface area contributed by atoms with Crippen LogP contribution in [0.2, 0.25) is 0 Å². The highest BCUT2D eigenvalue weighted by Gasteiger charge is 2.21. The molecule has 4 rings (SSSR count). The number of nitro groups is 1.